The van der Waals surface area contributed by atoms with Crippen molar-refractivity contribution in [3.63, 3.8) is 0 Å². The zero-order valence-electron chi connectivity index (χ0n) is 11.9. The van der Waals surface area contributed by atoms with E-state index in [1.165, 1.54) is 12.0 Å². The van der Waals surface area contributed by atoms with Crippen molar-refractivity contribution in [1.29, 1.82) is 0 Å². The highest BCUT2D eigenvalue weighted by Crippen LogP contribution is 2.43. The smallest absolute Gasteiger partial charge is 0.00726 e. The molecule has 0 amide bonds. The van der Waals surface area contributed by atoms with E-state index in [0.29, 0.717) is 12.0 Å². The molecular weight excluding hydrogens is 220 g/mol. The predicted octanol–water partition coefficient (Wildman–Crippen LogP) is 2.63. The molecule has 3 unspecified atom stereocenters. The molecule has 2 N–H and O–H groups in total. The van der Waals surface area contributed by atoms with Crippen LogP contribution < -0.4 is 5.73 Å². The van der Waals surface area contributed by atoms with Crippen LogP contribution in [0.15, 0.2) is 30.3 Å². The minimum absolute atomic E-state index is 0.266. The number of rotatable bonds is 3. The summed E-state index contributed by atoms with van der Waals surface area (Å²) in [7, 11) is 2.23. The molecule has 1 aliphatic rings. The largest absolute Gasteiger partial charge is 0.330 e. The minimum atomic E-state index is 0.266. The van der Waals surface area contributed by atoms with E-state index in [9.17, 15) is 0 Å². The first-order valence-corrected chi connectivity index (χ1v) is 7.06. The fourth-order valence-corrected chi connectivity index (χ4v) is 3.59. The maximum absolute atomic E-state index is 5.91. The Morgan fingerprint density at radius 3 is 2.56 bits per heavy atom. The Balaban J connectivity index is 2.37. The topological polar surface area (TPSA) is 29.3 Å². The normalized spacial score (nSPS) is 33.6. The summed E-state index contributed by atoms with van der Waals surface area (Å²) in [5, 5.41) is 0. The first-order valence-electron chi connectivity index (χ1n) is 7.06. The van der Waals surface area contributed by atoms with Gasteiger partial charge >= 0.3 is 0 Å². The van der Waals surface area contributed by atoms with E-state index in [2.05, 4.69) is 56.1 Å². The molecule has 2 rings (SSSR count). The SMILES string of the molecule is CC1CC(CCN)(c2ccccc2)C(C)CN1C. The van der Waals surface area contributed by atoms with E-state index in [-0.39, 0.29) is 5.41 Å². The van der Waals surface area contributed by atoms with Gasteiger partial charge in [-0.15, -0.1) is 0 Å². The summed E-state index contributed by atoms with van der Waals surface area (Å²) in [4.78, 5) is 2.47. The van der Waals surface area contributed by atoms with E-state index in [1.54, 1.807) is 0 Å². The van der Waals surface area contributed by atoms with Gasteiger partial charge in [0.05, 0.1) is 0 Å². The van der Waals surface area contributed by atoms with Crippen LogP contribution in [0.2, 0.25) is 0 Å². The molecule has 0 bridgehead atoms. The van der Waals surface area contributed by atoms with Gasteiger partial charge in [-0.05, 0) is 44.8 Å². The molecule has 2 heteroatoms. The number of nitrogens with two attached hydrogens (primary N) is 1. The van der Waals surface area contributed by atoms with E-state index < -0.39 is 0 Å². The van der Waals surface area contributed by atoms with Crippen molar-refractivity contribution < 1.29 is 0 Å². The number of hydrogen-bond acceptors (Lipinski definition) is 2. The highest BCUT2D eigenvalue weighted by Gasteiger charge is 2.42. The molecule has 2 nitrogen and oxygen atoms in total. The fourth-order valence-electron chi connectivity index (χ4n) is 3.59. The lowest BCUT2D eigenvalue weighted by molar-refractivity contribution is 0.0704. The monoisotopic (exact) mass is 246 g/mol. The Kier molecular flexibility index (Phi) is 4.08. The Bertz CT molecular complexity index is 376. The summed E-state index contributed by atoms with van der Waals surface area (Å²) >= 11 is 0. The first kappa shape index (κ1) is 13.6. The van der Waals surface area contributed by atoms with Crippen LogP contribution in [0.3, 0.4) is 0 Å². The van der Waals surface area contributed by atoms with Crippen molar-refractivity contribution in [1.82, 2.24) is 4.90 Å². The fraction of sp³-hybridized carbons (Fsp3) is 0.625. The summed E-state index contributed by atoms with van der Waals surface area (Å²) < 4.78 is 0. The van der Waals surface area contributed by atoms with Crippen LogP contribution in [-0.2, 0) is 5.41 Å². The van der Waals surface area contributed by atoms with Crippen LogP contribution >= 0.6 is 0 Å². The molecular formula is C16H26N2. The van der Waals surface area contributed by atoms with Crippen LogP contribution in [0.4, 0.5) is 0 Å². The van der Waals surface area contributed by atoms with E-state index in [0.717, 1.165) is 19.5 Å². The predicted molar refractivity (Wildman–Crippen MR) is 77.7 cm³/mol. The lowest BCUT2D eigenvalue weighted by atomic mass is 9.63. The summed E-state index contributed by atoms with van der Waals surface area (Å²) in [6.45, 7) is 6.65. The van der Waals surface area contributed by atoms with Gasteiger partial charge in [-0.2, -0.15) is 0 Å². The van der Waals surface area contributed by atoms with Gasteiger partial charge < -0.3 is 10.6 Å². The number of benzene rings is 1. The van der Waals surface area contributed by atoms with Gasteiger partial charge in [-0.1, -0.05) is 37.3 Å². The Morgan fingerprint density at radius 2 is 1.94 bits per heavy atom. The molecule has 3 atom stereocenters. The standard InChI is InChI=1S/C16H26N2/c1-13-12-18(3)14(2)11-16(13,9-10-17)15-7-5-4-6-8-15/h4-8,13-14H,9-12,17H2,1-3H3. The van der Waals surface area contributed by atoms with Crippen LogP contribution in [0, 0.1) is 5.92 Å². The average Bonchev–Trinajstić information content (AvgIpc) is 2.37. The molecule has 1 heterocycles. The summed E-state index contributed by atoms with van der Waals surface area (Å²) in [6, 6.07) is 11.6. The molecule has 1 aromatic carbocycles. The lowest BCUT2D eigenvalue weighted by Gasteiger charge is -2.49. The molecule has 0 aromatic heterocycles. The van der Waals surface area contributed by atoms with E-state index in [1.807, 2.05) is 0 Å². The summed E-state index contributed by atoms with van der Waals surface area (Å²) in [6.07, 6.45) is 2.31. The molecule has 1 aliphatic heterocycles. The van der Waals surface area contributed by atoms with Crippen molar-refractivity contribution in [2.24, 2.45) is 11.7 Å². The zero-order valence-corrected chi connectivity index (χ0v) is 11.9. The van der Waals surface area contributed by atoms with E-state index in [4.69, 9.17) is 5.73 Å². The molecule has 0 aliphatic carbocycles. The molecule has 1 aromatic rings. The molecule has 18 heavy (non-hydrogen) atoms. The van der Waals surface area contributed by atoms with Crippen molar-refractivity contribution in [3.8, 4) is 0 Å². The minimum Gasteiger partial charge on any atom is -0.330 e. The first-order chi connectivity index (χ1) is 8.60. The van der Waals surface area contributed by atoms with Gasteiger partial charge in [-0.3, -0.25) is 0 Å². The van der Waals surface area contributed by atoms with Crippen LogP contribution in [0.1, 0.15) is 32.3 Å². The summed E-state index contributed by atoms with van der Waals surface area (Å²) in [5.41, 5.74) is 7.65. The third-order valence-corrected chi connectivity index (χ3v) is 4.86. The lowest BCUT2D eigenvalue weighted by Crippen LogP contribution is -2.52. The maximum Gasteiger partial charge on any atom is 0.00726 e. The van der Waals surface area contributed by atoms with Gasteiger partial charge in [-0.25, -0.2) is 0 Å². The highest BCUT2D eigenvalue weighted by molar-refractivity contribution is 5.28. The van der Waals surface area contributed by atoms with Gasteiger partial charge in [0.1, 0.15) is 0 Å². The van der Waals surface area contributed by atoms with Crippen LogP contribution in [-0.4, -0.2) is 31.1 Å². The second-order valence-corrected chi connectivity index (χ2v) is 5.95. The molecule has 0 radical (unpaired) electrons. The van der Waals surface area contributed by atoms with E-state index >= 15 is 0 Å². The van der Waals surface area contributed by atoms with Gasteiger partial charge in [0.15, 0.2) is 0 Å². The molecule has 0 spiro atoms. The second kappa shape index (κ2) is 5.41. The summed E-state index contributed by atoms with van der Waals surface area (Å²) in [5.74, 6) is 0.657. The molecule has 100 valence electrons. The van der Waals surface area contributed by atoms with Crippen molar-refractivity contribution in [3.05, 3.63) is 35.9 Å². The third-order valence-electron chi connectivity index (χ3n) is 4.86. The average molecular weight is 246 g/mol. The molecule has 1 fully saturated rings. The van der Waals surface area contributed by atoms with Gasteiger partial charge in [0, 0.05) is 18.0 Å². The number of nitrogens with zero attached hydrogens (tertiary/aromatic N) is 1. The quantitative estimate of drug-likeness (QED) is 0.888. The number of piperidine rings is 1. The second-order valence-electron chi connectivity index (χ2n) is 5.95. The highest BCUT2D eigenvalue weighted by atomic mass is 15.1. The third kappa shape index (κ3) is 2.32. The zero-order chi connectivity index (χ0) is 13.2. The number of hydrogen-bond donors (Lipinski definition) is 1. The molecule has 0 saturated carbocycles. The maximum atomic E-state index is 5.91. The van der Waals surface area contributed by atoms with Crippen molar-refractivity contribution >= 4 is 0 Å². The van der Waals surface area contributed by atoms with Crippen molar-refractivity contribution in [2.75, 3.05) is 20.1 Å². The van der Waals surface area contributed by atoms with Crippen LogP contribution in [0.5, 0.6) is 0 Å². The Labute approximate surface area is 111 Å². The Hall–Kier alpha value is -0.860. The van der Waals surface area contributed by atoms with Gasteiger partial charge in [0.25, 0.3) is 0 Å². The van der Waals surface area contributed by atoms with Crippen LogP contribution in [0.25, 0.3) is 0 Å². The Morgan fingerprint density at radius 1 is 1.28 bits per heavy atom. The number of likely N-dealkylation sites (tertiary alicyclic amines) is 1. The van der Waals surface area contributed by atoms with Gasteiger partial charge in [0.2, 0.25) is 0 Å². The molecule has 1 saturated heterocycles. The van der Waals surface area contributed by atoms with Crippen molar-refractivity contribution in [2.45, 2.75) is 38.1 Å².